The molecule has 0 saturated carbocycles. The monoisotopic (exact) mass is 538 g/mol. The molecule has 0 aliphatic carbocycles. The van der Waals surface area contributed by atoms with E-state index < -0.39 is 0 Å². The molecule has 1 unspecified atom stereocenters. The lowest BCUT2D eigenvalue weighted by Gasteiger charge is -2.33. The largest absolute Gasteiger partial charge is 0.497 e. The topological polar surface area (TPSA) is 81.5 Å². The van der Waals surface area contributed by atoms with Crippen molar-refractivity contribution in [2.24, 2.45) is 7.05 Å². The van der Waals surface area contributed by atoms with Gasteiger partial charge in [0.15, 0.2) is 0 Å². The third-order valence-corrected chi connectivity index (χ3v) is 8.26. The van der Waals surface area contributed by atoms with Gasteiger partial charge in [0.05, 0.1) is 25.3 Å². The van der Waals surface area contributed by atoms with Crippen molar-refractivity contribution in [3.8, 4) is 11.5 Å². The van der Waals surface area contributed by atoms with Crippen LogP contribution in [0, 0.1) is 0 Å². The molecule has 1 aliphatic heterocycles. The highest BCUT2D eigenvalue weighted by Crippen LogP contribution is 2.38. The first kappa shape index (κ1) is 25.8. The molecule has 206 valence electrons. The van der Waals surface area contributed by atoms with E-state index in [0.29, 0.717) is 31.0 Å². The van der Waals surface area contributed by atoms with Crippen molar-refractivity contribution in [3.05, 3.63) is 94.5 Å². The van der Waals surface area contributed by atoms with Gasteiger partial charge in [-0.2, -0.15) is 0 Å². The van der Waals surface area contributed by atoms with Crippen LogP contribution in [0.2, 0.25) is 0 Å². The summed E-state index contributed by atoms with van der Waals surface area (Å²) in [6.45, 7) is 1.22. The normalized spacial score (nSPS) is 15.0. The number of piperidine rings is 1. The van der Waals surface area contributed by atoms with Crippen LogP contribution in [0.5, 0.6) is 11.5 Å². The first-order chi connectivity index (χ1) is 19.5. The molecule has 0 bridgehead atoms. The zero-order valence-corrected chi connectivity index (χ0v) is 23.1. The fraction of sp³-hybridized carbons (Fsp3) is 0.312. The summed E-state index contributed by atoms with van der Waals surface area (Å²) in [7, 11) is 5.31. The predicted octanol–water partition coefficient (Wildman–Crippen LogP) is 5.22. The van der Waals surface area contributed by atoms with Crippen LogP contribution < -0.4 is 15.2 Å². The number of aryl methyl sites for hydroxylation is 1. The molecule has 1 atom stereocenters. The lowest BCUT2D eigenvalue weighted by molar-refractivity contribution is -0.132. The Morgan fingerprint density at radius 2 is 1.60 bits per heavy atom. The summed E-state index contributed by atoms with van der Waals surface area (Å²) in [5, 5.41) is 1.13. The Kier molecular flexibility index (Phi) is 6.84. The molecule has 40 heavy (non-hydrogen) atoms. The third-order valence-electron chi connectivity index (χ3n) is 8.26. The number of aromatic amines is 1. The SMILES string of the molecule is COc1cc(OC)cc(C(CC(=O)N2CCC(n3c(=O)[nH]c4ccccc43)CC2)c2cn(C)c3ccccc23)c1. The maximum atomic E-state index is 13.9. The minimum atomic E-state index is -0.184. The van der Waals surface area contributed by atoms with Crippen molar-refractivity contribution in [1.82, 2.24) is 19.0 Å². The number of fused-ring (bicyclic) bond motifs is 2. The number of benzene rings is 3. The van der Waals surface area contributed by atoms with E-state index in [9.17, 15) is 9.59 Å². The van der Waals surface area contributed by atoms with Crippen molar-refractivity contribution in [2.45, 2.75) is 31.2 Å². The number of nitrogens with zero attached hydrogens (tertiary/aromatic N) is 3. The van der Waals surface area contributed by atoms with E-state index in [4.69, 9.17) is 9.47 Å². The molecule has 3 heterocycles. The van der Waals surface area contributed by atoms with Crippen LogP contribution in [0.1, 0.15) is 42.3 Å². The highest BCUT2D eigenvalue weighted by atomic mass is 16.5. The Balaban J connectivity index is 1.28. The summed E-state index contributed by atoms with van der Waals surface area (Å²) in [6, 6.07) is 22.0. The third kappa shape index (κ3) is 4.63. The lowest BCUT2D eigenvalue weighted by atomic mass is 9.87. The van der Waals surface area contributed by atoms with Gasteiger partial charge < -0.3 is 23.9 Å². The summed E-state index contributed by atoms with van der Waals surface area (Å²) < 4.78 is 15.1. The quantitative estimate of drug-likeness (QED) is 0.308. The smallest absolute Gasteiger partial charge is 0.326 e. The van der Waals surface area contributed by atoms with E-state index >= 15 is 0 Å². The van der Waals surface area contributed by atoms with Crippen molar-refractivity contribution in [1.29, 1.82) is 0 Å². The van der Waals surface area contributed by atoms with Crippen LogP contribution in [0.4, 0.5) is 0 Å². The molecular formula is C32H34N4O4. The van der Waals surface area contributed by atoms with Gasteiger partial charge in [0.25, 0.3) is 0 Å². The molecule has 8 heteroatoms. The molecule has 5 aromatic rings. The van der Waals surface area contributed by atoms with Crippen LogP contribution in [0.15, 0.2) is 77.7 Å². The molecule has 1 saturated heterocycles. The Labute approximate surface area is 232 Å². The number of hydrogen-bond acceptors (Lipinski definition) is 4. The van der Waals surface area contributed by atoms with Gasteiger partial charge in [-0.05, 0) is 54.3 Å². The van der Waals surface area contributed by atoms with Gasteiger partial charge in [0.2, 0.25) is 5.91 Å². The number of likely N-dealkylation sites (tertiary alicyclic amines) is 1. The average molecular weight is 539 g/mol. The van der Waals surface area contributed by atoms with Crippen molar-refractivity contribution < 1.29 is 14.3 Å². The summed E-state index contributed by atoms with van der Waals surface area (Å²) in [6.07, 6.45) is 3.92. The number of para-hydroxylation sites is 3. The molecule has 1 aliphatic rings. The number of methoxy groups -OCH3 is 2. The first-order valence-corrected chi connectivity index (χ1v) is 13.7. The predicted molar refractivity (Wildman–Crippen MR) is 156 cm³/mol. The molecule has 1 fully saturated rings. The Bertz CT molecular complexity index is 1720. The second kappa shape index (κ2) is 10.6. The number of nitrogens with one attached hydrogen (secondary N) is 1. The second-order valence-electron chi connectivity index (χ2n) is 10.5. The maximum absolute atomic E-state index is 13.9. The van der Waals surface area contributed by atoms with Gasteiger partial charge in [-0.1, -0.05) is 30.3 Å². The van der Waals surface area contributed by atoms with E-state index in [1.165, 1.54) is 0 Å². The molecule has 6 rings (SSSR count). The summed E-state index contributed by atoms with van der Waals surface area (Å²) in [5.74, 6) is 1.30. The summed E-state index contributed by atoms with van der Waals surface area (Å²) >= 11 is 0. The number of hydrogen-bond donors (Lipinski definition) is 1. The van der Waals surface area contributed by atoms with Crippen LogP contribution in [-0.4, -0.2) is 52.2 Å². The average Bonchev–Trinajstić information content (AvgIpc) is 3.51. The van der Waals surface area contributed by atoms with Gasteiger partial charge in [-0.3, -0.25) is 9.36 Å². The molecule has 0 spiro atoms. The van der Waals surface area contributed by atoms with Crippen LogP contribution in [0.25, 0.3) is 21.9 Å². The Hall–Kier alpha value is -4.46. The van der Waals surface area contributed by atoms with Gasteiger partial charge in [-0.25, -0.2) is 4.79 Å². The fourth-order valence-corrected chi connectivity index (χ4v) is 6.20. The van der Waals surface area contributed by atoms with Gasteiger partial charge in [-0.15, -0.1) is 0 Å². The number of carbonyl (C=O) groups is 1. The van der Waals surface area contributed by atoms with E-state index in [0.717, 1.165) is 45.9 Å². The van der Waals surface area contributed by atoms with Crippen molar-refractivity contribution in [2.75, 3.05) is 27.3 Å². The maximum Gasteiger partial charge on any atom is 0.326 e. The first-order valence-electron chi connectivity index (χ1n) is 13.7. The van der Waals surface area contributed by atoms with E-state index in [1.54, 1.807) is 14.2 Å². The minimum absolute atomic E-state index is 0.0595. The molecule has 2 aromatic heterocycles. The molecular weight excluding hydrogens is 504 g/mol. The summed E-state index contributed by atoms with van der Waals surface area (Å²) in [4.78, 5) is 31.5. The molecule has 8 nitrogen and oxygen atoms in total. The van der Waals surface area contributed by atoms with Crippen LogP contribution >= 0.6 is 0 Å². The van der Waals surface area contributed by atoms with E-state index in [2.05, 4.69) is 27.9 Å². The number of amides is 1. The zero-order chi connectivity index (χ0) is 27.8. The van der Waals surface area contributed by atoms with Crippen molar-refractivity contribution >= 4 is 27.8 Å². The van der Waals surface area contributed by atoms with E-state index in [-0.39, 0.29) is 23.6 Å². The lowest BCUT2D eigenvalue weighted by Crippen LogP contribution is -2.41. The van der Waals surface area contributed by atoms with E-state index in [1.807, 2.05) is 71.1 Å². The molecule has 3 aromatic carbocycles. The number of carbonyl (C=O) groups excluding carboxylic acids is 1. The number of imidazole rings is 1. The van der Waals surface area contributed by atoms with Crippen LogP contribution in [0.3, 0.4) is 0 Å². The number of ether oxygens (including phenoxy) is 2. The summed E-state index contributed by atoms with van der Waals surface area (Å²) in [5.41, 5.74) is 4.87. The number of aromatic nitrogens is 3. The standard InChI is InChI=1S/C32H34N4O4/c1-34-20-27(25-8-4-6-10-29(25)34)26(21-16-23(39-2)18-24(17-21)40-3)19-31(37)35-14-12-22(13-15-35)36-30-11-7-5-9-28(30)33-32(36)38/h4-11,16-18,20,22,26H,12-15,19H2,1-3H3,(H,33,38). The second-order valence-corrected chi connectivity index (χ2v) is 10.5. The Morgan fingerprint density at radius 3 is 2.30 bits per heavy atom. The van der Waals surface area contributed by atoms with Gasteiger partial charge >= 0.3 is 5.69 Å². The Morgan fingerprint density at radius 1 is 0.950 bits per heavy atom. The van der Waals surface area contributed by atoms with Gasteiger partial charge in [0, 0.05) is 61.7 Å². The highest BCUT2D eigenvalue weighted by molar-refractivity contribution is 5.87. The van der Waals surface area contributed by atoms with Crippen molar-refractivity contribution in [3.63, 3.8) is 0 Å². The molecule has 0 radical (unpaired) electrons. The molecule has 1 amide bonds. The van der Waals surface area contributed by atoms with Gasteiger partial charge in [0.1, 0.15) is 11.5 Å². The fourth-order valence-electron chi connectivity index (χ4n) is 6.20. The molecule has 1 N–H and O–H groups in total. The number of rotatable bonds is 7. The minimum Gasteiger partial charge on any atom is -0.497 e. The number of H-pyrrole nitrogens is 1. The zero-order valence-electron chi connectivity index (χ0n) is 23.1. The highest BCUT2D eigenvalue weighted by Gasteiger charge is 2.30. The van der Waals surface area contributed by atoms with Crippen LogP contribution in [-0.2, 0) is 11.8 Å².